The highest BCUT2D eigenvalue weighted by Gasteiger charge is 2.43. The molecule has 4 rings (SSSR count). The van der Waals surface area contributed by atoms with Gasteiger partial charge in [0.25, 0.3) is 0 Å². The largest absolute Gasteiger partial charge is 0.490 e. The molecular formula is C19H21F3N4O5. The number of hydrogen-bond acceptors (Lipinski definition) is 6. The zero-order valence-corrected chi connectivity index (χ0v) is 16.6. The molecule has 3 heterocycles. The molecule has 0 bridgehead atoms. The summed E-state index contributed by atoms with van der Waals surface area (Å²) in [6, 6.07) is 8.48. The number of benzene rings is 1. The third-order valence-electron chi connectivity index (χ3n) is 5.12. The predicted octanol–water partition coefficient (Wildman–Crippen LogP) is 1.05. The smallest absolute Gasteiger partial charge is 0.475 e. The summed E-state index contributed by atoms with van der Waals surface area (Å²) in [6.07, 6.45) is -4.24. The topological polar surface area (TPSA) is 118 Å². The van der Waals surface area contributed by atoms with Gasteiger partial charge in [-0.2, -0.15) is 18.3 Å². The molecule has 2 aromatic rings. The molecule has 0 aliphatic carbocycles. The van der Waals surface area contributed by atoms with Crippen LogP contribution in [0.25, 0.3) is 0 Å². The molecule has 1 atom stereocenters. The number of carbonyl (C=O) groups is 1. The van der Waals surface area contributed by atoms with Crippen LogP contribution in [0.3, 0.4) is 0 Å². The zero-order valence-electron chi connectivity index (χ0n) is 16.6. The van der Waals surface area contributed by atoms with E-state index in [1.807, 2.05) is 0 Å². The van der Waals surface area contributed by atoms with E-state index in [-0.39, 0.29) is 6.61 Å². The van der Waals surface area contributed by atoms with Crippen molar-refractivity contribution in [1.82, 2.24) is 19.7 Å². The number of fused-ring (bicyclic) bond motifs is 1. The molecule has 2 aliphatic rings. The molecule has 1 aromatic carbocycles. The number of carboxylic acids is 1. The number of nitrogens with one attached hydrogen (secondary N) is 1. The number of ether oxygens (including phenoxy) is 1. The highest BCUT2D eigenvalue weighted by molar-refractivity contribution is 5.73. The van der Waals surface area contributed by atoms with Gasteiger partial charge in [0.05, 0.1) is 6.54 Å². The minimum absolute atomic E-state index is 0.254. The van der Waals surface area contributed by atoms with Gasteiger partial charge < -0.3 is 9.84 Å². The third-order valence-corrected chi connectivity index (χ3v) is 5.12. The summed E-state index contributed by atoms with van der Waals surface area (Å²) in [5.74, 6) is -2.27. The number of aromatic nitrogens is 3. The highest BCUT2D eigenvalue weighted by atomic mass is 19.4. The first-order valence-electron chi connectivity index (χ1n) is 9.39. The minimum Gasteiger partial charge on any atom is -0.475 e. The van der Waals surface area contributed by atoms with Gasteiger partial charge in [0.2, 0.25) is 0 Å². The number of aryl methyl sites for hydroxylation is 1. The third kappa shape index (κ3) is 5.39. The van der Waals surface area contributed by atoms with E-state index in [4.69, 9.17) is 14.6 Å². The molecule has 0 radical (unpaired) electrons. The van der Waals surface area contributed by atoms with Gasteiger partial charge in [-0.05, 0) is 18.9 Å². The number of hydrogen-bond donors (Lipinski definition) is 2. The van der Waals surface area contributed by atoms with Crippen molar-refractivity contribution in [2.75, 3.05) is 13.1 Å². The lowest BCUT2D eigenvalue weighted by Gasteiger charge is -2.34. The lowest BCUT2D eigenvalue weighted by Crippen LogP contribution is -2.51. The molecule has 168 valence electrons. The van der Waals surface area contributed by atoms with Crippen molar-refractivity contribution < 1.29 is 27.8 Å². The van der Waals surface area contributed by atoms with Crippen LogP contribution in [-0.2, 0) is 29.2 Å². The summed E-state index contributed by atoms with van der Waals surface area (Å²) in [4.78, 5) is 34.8. The maximum atomic E-state index is 12.1. The summed E-state index contributed by atoms with van der Waals surface area (Å²) in [7, 11) is 0. The number of halogens is 3. The Hall–Kier alpha value is -2.99. The summed E-state index contributed by atoms with van der Waals surface area (Å²) < 4.78 is 39.3. The van der Waals surface area contributed by atoms with E-state index in [1.165, 1.54) is 15.7 Å². The van der Waals surface area contributed by atoms with Gasteiger partial charge in [0.1, 0.15) is 12.2 Å². The maximum Gasteiger partial charge on any atom is 0.490 e. The van der Waals surface area contributed by atoms with Gasteiger partial charge >= 0.3 is 23.3 Å². The first kappa shape index (κ1) is 22.7. The molecule has 9 nitrogen and oxygen atoms in total. The molecule has 12 heteroatoms. The average molecular weight is 442 g/mol. The molecule has 2 N–H and O–H groups in total. The predicted molar refractivity (Wildman–Crippen MR) is 101 cm³/mol. The number of H-pyrrole nitrogens is 1. The number of aromatic amines is 1. The second kappa shape index (κ2) is 8.63. The summed E-state index contributed by atoms with van der Waals surface area (Å²) in [5, 5.41) is 13.3. The Morgan fingerprint density at radius 2 is 2.03 bits per heavy atom. The van der Waals surface area contributed by atoms with E-state index in [0.29, 0.717) is 12.4 Å². The van der Waals surface area contributed by atoms with Gasteiger partial charge in [-0.3, -0.25) is 19.1 Å². The Labute approximate surface area is 174 Å². The number of rotatable bonds is 2. The molecule has 1 aromatic heterocycles. The van der Waals surface area contributed by atoms with Crippen LogP contribution in [0.1, 0.15) is 23.4 Å². The number of likely N-dealkylation sites (tertiary alicyclic amines) is 1. The van der Waals surface area contributed by atoms with E-state index >= 15 is 0 Å². The van der Waals surface area contributed by atoms with E-state index in [1.54, 1.807) is 0 Å². The molecule has 1 spiro atoms. The quantitative estimate of drug-likeness (QED) is 0.668. The second-order valence-corrected chi connectivity index (χ2v) is 7.58. The minimum atomic E-state index is -5.08. The van der Waals surface area contributed by atoms with Crippen molar-refractivity contribution in [3.63, 3.8) is 0 Å². The molecule has 2 aliphatic heterocycles. The van der Waals surface area contributed by atoms with E-state index in [0.717, 1.165) is 26.1 Å². The fourth-order valence-corrected chi connectivity index (χ4v) is 3.67. The molecule has 1 saturated heterocycles. The average Bonchev–Trinajstić information content (AvgIpc) is 3.07. The van der Waals surface area contributed by atoms with Crippen LogP contribution in [-0.4, -0.2) is 55.6 Å². The van der Waals surface area contributed by atoms with E-state index in [2.05, 4.69) is 46.3 Å². The van der Waals surface area contributed by atoms with E-state index in [9.17, 15) is 22.8 Å². The number of aliphatic carboxylic acids is 1. The first-order chi connectivity index (χ1) is 14.5. The molecular weight excluding hydrogens is 421 g/mol. The van der Waals surface area contributed by atoms with Gasteiger partial charge in [-0.25, -0.2) is 9.89 Å². The van der Waals surface area contributed by atoms with Gasteiger partial charge in [-0.1, -0.05) is 29.8 Å². The monoisotopic (exact) mass is 442 g/mol. The first-order valence-corrected chi connectivity index (χ1v) is 9.39. The van der Waals surface area contributed by atoms with Crippen LogP contribution in [0, 0.1) is 6.92 Å². The van der Waals surface area contributed by atoms with Crippen LogP contribution in [0.5, 0.6) is 0 Å². The zero-order chi connectivity index (χ0) is 22.8. The number of alkyl halides is 3. The Balaban J connectivity index is 0.000000339. The summed E-state index contributed by atoms with van der Waals surface area (Å²) in [5.41, 5.74) is 0.903. The van der Waals surface area contributed by atoms with Crippen molar-refractivity contribution in [3.05, 3.63) is 61.9 Å². The normalized spacial score (nSPS) is 20.8. The van der Waals surface area contributed by atoms with E-state index < -0.39 is 28.9 Å². The highest BCUT2D eigenvalue weighted by Crippen LogP contribution is 2.31. The Morgan fingerprint density at radius 1 is 1.32 bits per heavy atom. The van der Waals surface area contributed by atoms with Crippen LogP contribution in [0.2, 0.25) is 0 Å². The van der Waals surface area contributed by atoms with Crippen molar-refractivity contribution >= 4 is 5.97 Å². The Morgan fingerprint density at radius 3 is 2.68 bits per heavy atom. The van der Waals surface area contributed by atoms with Crippen molar-refractivity contribution in [1.29, 1.82) is 0 Å². The fraction of sp³-hybridized carbons (Fsp3) is 0.474. The molecule has 31 heavy (non-hydrogen) atoms. The lowest BCUT2D eigenvalue weighted by molar-refractivity contribution is -0.192. The second-order valence-electron chi connectivity index (χ2n) is 7.58. The molecule has 0 saturated carbocycles. The summed E-state index contributed by atoms with van der Waals surface area (Å²) in [6.45, 7) is 5.26. The van der Waals surface area contributed by atoms with Gasteiger partial charge in [0, 0.05) is 19.6 Å². The van der Waals surface area contributed by atoms with Gasteiger partial charge in [0.15, 0.2) is 5.82 Å². The SMILES string of the molecule is Cc1cccc(CN2CCC3(C2)Cn2c(n[nH]c(=O)c2=O)CO3)c1.O=C(O)C(F)(F)F. The fourth-order valence-electron chi connectivity index (χ4n) is 3.67. The Bertz CT molecular complexity index is 1080. The number of nitrogens with zero attached hydrogens (tertiary/aromatic N) is 3. The van der Waals surface area contributed by atoms with Crippen LogP contribution < -0.4 is 11.1 Å². The van der Waals surface area contributed by atoms with Crippen molar-refractivity contribution in [3.8, 4) is 0 Å². The molecule has 0 amide bonds. The van der Waals surface area contributed by atoms with Crippen LogP contribution >= 0.6 is 0 Å². The van der Waals surface area contributed by atoms with Gasteiger partial charge in [-0.15, -0.1) is 0 Å². The van der Waals surface area contributed by atoms with Crippen molar-refractivity contribution in [2.24, 2.45) is 0 Å². The summed E-state index contributed by atoms with van der Waals surface area (Å²) >= 11 is 0. The van der Waals surface area contributed by atoms with Crippen LogP contribution in [0.4, 0.5) is 13.2 Å². The molecule has 1 unspecified atom stereocenters. The standard InChI is InChI=1S/C17H20N4O3.C2HF3O2/c1-12-3-2-4-13(7-12)8-20-6-5-17(10-20)11-21-14(9-24-17)18-19-15(22)16(21)23;3-2(4,5)1(6)7/h2-4,7H,5-6,8-11H2,1H3,(H,19,22);(H,6,7). The maximum absolute atomic E-state index is 12.1. The molecule has 1 fully saturated rings. The van der Waals surface area contributed by atoms with Crippen LogP contribution in [0.15, 0.2) is 33.9 Å². The number of carboxylic acid groups (broad SMARTS) is 1. The Kier molecular flexibility index (Phi) is 6.32. The van der Waals surface area contributed by atoms with Crippen molar-refractivity contribution in [2.45, 2.75) is 44.8 Å². The lowest BCUT2D eigenvalue weighted by atomic mass is 10.0.